The molecule has 0 bridgehead atoms. The fraction of sp³-hybridized carbons (Fsp3) is 0.375. The van der Waals surface area contributed by atoms with Crippen LogP contribution >= 0.6 is 0 Å². The van der Waals surface area contributed by atoms with Gasteiger partial charge in [-0.2, -0.15) is 0 Å². The number of rotatable bonds is 3. The summed E-state index contributed by atoms with van der Waals surface area (Å²) in [6.07, 6.45) is 0.848. The van der Waals surface area contributed by atoms with E-state index in [9.17, 15) is 8.78 Å². The monoisotopic (exact) mass is 408 g/mol. The lowest BCUT2D eigenvalue weighted by Crippen LogP contribution is -2.26. The number of hydrogen-bond acceptors (Lipinski definition) is 4. The highest BCUT2D eigenvalue weighted by Gasteiger charge is 2.37. The SMILES string of the molecule is Cc1ccc2nc(N3CCC(F)(F)c4ccccc4C3)cc(NC3CCNC3)c2c1. The van der Waals surface area contributed by atoms with Gasteiger partial charge in [-0.1, -0.05) is 35.9 Å². The lowest BCUT2D eigenvalue weighted by molar-refractivity contribution is -0.00967. The van der Waals surface area contributed by atoms with E-state index in [2.05, 4.69) is 23.6 Å². The second-order valence-corrected chi connectivity index (χ2v) is 8.42. The average molecular weight is 408 g/mol. The Morgan fingerprint density at radius 2 is 2.03 bits per heavy atom. The molecular weight excluding hydrogens is 382 g/mol. The van der Waals surface area contributed by atoms with Crippen molar-refractivity contribution in [2.24, 2.45) is 0 Å². The van der Waals surface area contributed by atoms with Crippen LogP contribution in [0.1, 0.15) is 29.5 Å². The summed E-state index contributed by atoms with van der Waals surface area (Å²) >= 11 is 0. The van der Waals surface area contributed by atoms with Crippen LogP contribution in [0.3, 0.4) is 0 Å². The van der Waals surface area contributed by atoms with Crippen LogP contribution < -0.4 is 15.5 Å². The smallest absolute Gasteiger partial charge is 0.275 e. The molecular formula is C24H26F2N4. The molecule has 0 amide bonds. The van der Waals surface area contributed by atoms with Crippen LogP contribution in [0.4, 0.5) is 20.3 Å². The fourth-order valence-corrected chi connectivity index (χ4v) is 4.51. The maximum Gasteiger partial charge on any atom is 0.275 e. The van der Waals surface area contributed by atoms with Gasteiger partial charge in [-0.15, -0.1) is 0 Å². The Bertz CT molecular complexity index is 1080. The number of halogens is 2. The summed E-state index contributed by atoms with van der Waals surface area (Å²) in [5.74, 6) is -2.08. The highest BCUT2D eigenvalue weighted by molar-refractivity contribution is 5.93. The van der Waals surface area contributed by atoms with E-state index in [1.807, 2.05) is 29.2 Å². The lowest BCUT2D eigenvalue weighted by Gasteiger charge is -2.24. The molecule has 0 spiro atoms. The molecule has 5 rings (SSSR count). The lowest BCUT2D eigenvalue weighted by atomic mass is 10.0. The minimum Gasteiger partial charge on any atom is -0.380 e. The molecule has 30 heavy (non-hydrogen) atoms. The molecule has 2 aliphatic heterocycles. The molecule has 1 aromatic heterocycles. The number of aromatic nitrogens is 1. The highest BCUT2D eigenvalue weighted by atomic mass is 19.3. The molecule has 1 fully saturated rings. The van der Waals surface area contributed by atoms with Gasteiger partial charge in [0.1, 0.15) is 5.82 Å². The van der Waals surface area contributed by atoms with E-state index in [0.29, 0.717) is 18.2 Å². The molecule has 6 heteroatoms. The number of pyridine rings is 1. The highest BCUT2D eigenvalue weighted by Crippen LogP contribution is 2.39. The Morgan fingerprint density at radius 3 is 2.87 bits per heavy atom. The van der Waals surface area contributed by atoms with Crippen LogP contribution in [0, 0.1) is 6.92 Å². The minimum atomic E-state index is -2.82. The van der Waals surface area contributed by atoms with Crippen molar-refractivity contribution in [1.29, 1.82) is 0 Å². The standard InChI is InChI=1S/C24H26F2N4/c1-16-6-7-21-19(12-16)22(28-18-8-10-27-14-18)13-23(29-21)30-11-9-24(25,26)20-5-3-2-4-17(20)15-30/h2-7,12-13,18,27H,8-11,14-15H2,1H3,(H,28,29). The van der Waals surface area contributed by atoms with Crippen molar-refractivity contribution in [2.75, 3.05) is 29.9 Å². The normalized spacial score (nSPS) is 20.8. The van der Waals surface area contributed by atoms with E-state index < -0.39 is 5.92 Å². The van der Waals surface area contributed by atoms with Crippen molar-refractivity contribution in [2.45, 2.75) is 38.3 Å². The molecule has 0 radical (unpaired) electrons. The summed E-state index contributed by atoms with van der Waals surface area (Å²) in [5, 5.41) is 8.13. The molecule has 156 valence electrons. The molecule has 4 nitrogen and oxygen atoms in total. The van der Waals surface area contributed by atoms with Gasteiger partial charge in [0.25, 0.3) is 5.92 Å². The third-order valence-corrected chi connectivity index (χ3v) is 6.16. The quantitative estimate of drug-likeness (QED) is 0.652. The van der Waals surface area contributed by atoms with Crippen molar-refractivity contribution in [3.05, 3.63) is 65.2 Å². The van der Waals surface area contributed by atoms with Crippen molar-refractivity contribution in [3.8, 4) is 0 Å². The van der Waals surface area contributed by atoms with Gasteiger partial charge in [0.05, 0.1) is 5.52 Å². The zero-order chi connectivity index (χ0) is 20.7. The number of alkyl halides is 2. The maximum atomic E-state index is 14.7. The third kappa shape index (κ3) is 3.60. The summed E-state index contributed by atoms with van der Waals surface area (Å²) in [6, 6.07) is 15.5. The zero-order valence-electron chi connectivity index (χ0n) is 17.1. The van der Waals surface area contributed by atoms with Gasteiger partial charge in [0.15, 0.2) is 0 Å². The van der Waals surface area contributed by atoms with E-state index in [4.69, 9.17) is 4.98 Å². The molecule has 1 atom stereocenters. The molecule has 0 aliphatic carbocycles. The van der Waals surface area contributed by atoms with Gasteiger partial charge >= 0.3 is 0 Å². The predicted octanol–water partition coefficient (Wildman–Crippen LogP) is 4.82. The summed E-state index contributed by atoms with van der Waals surface area (Å²) in [6.45, 7) is 4.69. The first-order chi connectivity index (χ1) is 14.5. The van der Waals surface area contributed by atoms with Gasteiger partial charge in [-0.05, 0) is 37.6 Å². The van der Waals surface area contributed by atoms with Gasteiger partial charge in [-0.3, -0.25) is 0 Å². The number of fused-ring (bicyclic) bond motifs is 2. The molecule has 1 unspecified atom stereocenters. The number of nitrogens with one attached hydrogen (secondary N) is 2. The fourth-order valence-electron chi connectivity index (χ4n) is 4.51. The topological polar surface area (TPSA) is 40.2 Å². The van der Waals surface area contributed by atoms with Crippen LogP contribution in [0.2, 0.25) is 0 Å². The predicted molar refractivity (Wildman–Crippen MR) is 117 cm³/mol. The zero-order valence-corrected chi connectivity index (χ0v) is 17.1. The van der Waals surface area contributed by atoms with Crippen LogP contribution in [-0.2, 0) is 12.5 Å². The molecule has 3 heterocycles. The molecule has 2 aromatic carbocycles. The van der Waals surface area contributed by atoms with Crippen molar-refractivity contribution in [3.63, 3.8) is 0 Å². The van der Waals surface area contributed by atoms with E-state index in [1.54, 1.807) is 18.2 Å². The number of hydrogen-bond donors (Lipinski definition) is 2. The maximum absolute atomic E-state index is 14.7. The van der Waals surface area contributed by atoms with Gasteiger partial charge in [0.2, 0.25) is 0 Å². The molecule has 2 N–H and O–H groups in total. The van der Waals surface area contributed by atoms with E-state index >= 15 is 0 Å². The Morgan fingerprint density at radius 1 is 1.17 bits per heavy atom. The molecule has 1 saturated heterocycles. The third-order valence-electron chi connectivity index (χ3n) is 6.16. The number of nitrogens with zero attached hydrogens (tertiary/aromatic N) is 2. The summed E-state index contributed by atoms with van der Waals surface area (Å²) < 4.78 is 29.5. The largest absolute Gasteiger partial charge is 0.380 e. The molecule has 2 aliphatic rings. The summed E-state index contributed by atoms with van der Waals surface area (Å²) in [4.78, 5) is 6.85. The Labute approximate surface area is 175 Å². The molecule has 3 aromatic rings. The Kier molecular flexibility index (Phi) is 4.82. The van der Waals surface area contributed by atoms with Crippen molar-refractivity contribution >= 4 is 22.4 Å². The summed E-state index contributed by atoms with van der Waals surface area (Å²) in [7, 11) is 0. The van der Waals surface area contributed by atoms with Crippen LogP contribution in [0.5, 0.6) is 0 Å². The second kappa shape index (κ2) is 7.51. The van der Waals surface area contributed by atoms with Crippen molar-refractivity contribution < 1.29 is 8.78 Å². The van der Waals surface area contributed by atoms with Gasteiger partial charge < -0.3 is 15.5 Å². The number of aryl methyl sites for hydroxylation is 1. The van der Waals surface area contributed by atoms with Crippen LogP contribution in [0.25, 0.3) is 10.9 Å². The first-order valence-electron chi connectivity index (χ1n) is 10.6. The van der Waals surface area contributed by atoms with Crippen LogP contribution in [-0.4, -0.2) is 30.7 Å². The number of anilines is 2. The van der Waals surface area contributed by atoms with E-state index in [1.165, 1.54) is 5.56 Å². The van der Waals surface area contributed by atoms with E-state index in [-0.39, 0.29) is 18.5 Å². The average Bonchev–Trinajstić information content (AvgIpc) is 3.20. The Balaban J connectivity index is 1.56. The first kappa shape index (κ1) is 19.2. The molecule has 0 saturated carbocycles. The Hall–Kier alpha value is -2.73. The minimum absolute atomic E-state index is 0.138. The second-order valence-electron chi connectivity index (χ2n) is 8.42. The van der Waals surface area contributed by atoms with Gasteiger partial charge in [0, 0.05) is 54.8 Å². The van der Waals surface area contributed by atoms with Crippen LogP contribution in [0.15, 0.2) is 48.5 Å². The summed E-state index contributed by atoms with van der Waals surface area (Å²) in [5.41, 5.74) is 3.89. The first-order valence-corrected chi connectivity index (χ1v) is 10.6. The van der Waals surface area contributed by atoms with Gasteiger partial charge in [-0.25, -0.2) is 13.8 Å². The number of benzene rings is 2. The van der Waals surface area contributed by atoms with E-state index in [0.717, 1.165) is 41.9 Å². The van der Waals surface area contributed by atoms with Crippen molar-refractivity contribution in [1.82, 2.24) is 10.3 Å².